The van der Waals surface area contributed by atoms with Crippen molar-refractivity contribution in [3.63, 3.8) is 0 Å². The van der Waals surface area contributed by atoms with Gasteiger partial charge in [0.25, 0.3) is 0 Å². The van der Waals surface area contributed by atoms with Crippen LogP contribution in [0.1, 0.15) is 0 Å². The molecule has 0 bridgehead atoms. The van der Waals surface area contributed by atoms with Crippen LogP contribution in [0.25, 0.3) is 11.0 Å². The van der Waals surface area contributed by atoms with Crippen LogP contribution in [0.4, 0.5) is 5.69 Å². The molecule has 0 atom stereocenters. The van der Waals surface area contributed by atoms with E-state index in [1.807, 2.05) is 22.8 Å². The maximum absolute atomic E-state index is 8.87. The molecule has 4 nitrogen and oxygen atoms in total. The second-order valence-corrected chi connectivity index (χ2v) is 3.47. The van der Waals surface area contributed by atoms with Gasteiger partial charge in [0.2, 0.25) is 0 Å². The third kappa shape index (κ3) is 1.40. The van der Waals surface area contributed by atoms with Crippen LogP contribution in [0.5, 0.6) is 0 Å². The van der Waals surface area contributed by atoms with Gasteiger partial charge in [0, 0.05) is 12.2 Å². The van der Waals surface area contributed by atoms with Crippen molar-refractivity contribution in [1.82, 2.24) is 9.55 Å². The molecule has 0 aliphatic rings. The first kappa shape index (κ1) is 9.23. The Balaban J connectivity index is 2.71. The molecule has 0 fully saturated rings. The number of hydrogen-bond donors (Lipinski definition) is 3. The van der Waals surface area contributed by atoms with Crippen molar-refractivity contribution < 1.29 is 5.11 Å². The molecule has 0 aliphatic carbocycles. The first-order valence-electron chi connectivity index (χ1n) is 4.31. The highest BCUT2D eigenvalue weighted by atomic mass is 32.1. The van der Waals surface area contributed by atoms with E-state index >= 15 is 0 Å². The summed E-state index contributed by atoms with van der Waals surface area (Å²) in [6.45, 7) is 0.578. The minimum atomic E-state index is 0.0750. The van der Waals surface area contributed by atoms with Gasteiger partial charge in [0.05, 0.1) is 17.6 Å². The van der Waals surface area contributed by atoms with Gasteiger partial charge in [-0.25, -0.2) is 0 Å². The molecule has 5 heteroatoms. The molecule has 1 aromatic heterocycles. The van der Waals surface area contributed by atoms with Crippen molar-refractivity contribution >= 4 is 28.9 Å². The topological polar surface area (TPSA) is 67.0 Å². The number of anilines is 1. The van der Waals surface area contributed by atoms with Crippen LogP contribution in [0, 0.1) is 4.77 Å². The summed E-state index contributed by atoms with van der Waals surface area (Å²) in [7, 11) is 0. The summed E-state index contributed by atoms with van der Waals surface area (Å²) in [6, 6.07) is 5.55. The number of aliphatic hydroxyl groups excluding tert-OH is 1. The number of hydrogen-bond acceptors (Lipinski definition) is 3. The smallest absolute Gasteiger partial charge is 0.178 e. The molecular formula is C9H11N3OS. The molecule has 1 heterocycles. The van der Waals surface area contributed by atoms with Crippen molar-refractivity contribution in [1.29, 1.82) is 0 Å². The minimum absolute atomic E-state index is 0.0750. The highest BCUT2D eigenvalue weighted by Crippen LogP contribution is 2.16. The lowest BCUT2D eigenvalue weighted by atomic mass is 10.3. The monoisotopic (exact) mass is 209 g/mol. The Hall–Kier alpha value is -1.33. The SMILES string of the molecule is Nc1ccc2c(c1)[nH]c(=S)n2CCO. The Morgan fingerprint density at radius 3 is 3.00 bits per heavy atom. The fraction of sp³-hybridized carbons (Fsp3) is 0.222. The van der Waals surface area contributed by atoms with Gasteiger partial charge in [-0.1, -0.05) is 0 Å². The molecule has 0 radical (unpaired) electrons. The summed E-state index contributed by atoms with van der Waals surface area (Å²) in [5.74, 6) is 0. The number of rotatable bonds is 2. The van der Waals surface area contributed by atoms with Crippen LogP contribution in [-0.2, 0) is 6.54 Å². The number of H-pyrrole nitrogens is 1. The van der Waals surface area contributed by atoms with Crippen LogP contribution in [0.3, 0.4) is 0 Å². The van der Waals surface area contributed by atoms with E-state index in [0.29, 0.717) is 17.0 Å². The first-order chi connectivity index (χ1) is 6.72. The standard InChI is InChI=1S/C9H11N3OS/c10-6-1-2-8-7(5-6)11-9(14)12(8)3-4-13/h1-2,5,13H,3-4,10H2,(H,11,14). The highest BCUT2D eigenvalue weighted by molar-refractivity contribution is 7.71. The van der Waals surface area contributed by atoms with E-state index in [2.05, 4.69) is 4.98 Å². The molecule has 2 aromatic rings. The van der Waals surface area contributed by atoms with Crippen molar-refractivity contribution in [3.05, 3.63) is 23.0 Å². The number of aromatic nitrogens is 2. The second-order valence-electron chi connectivity index (χ2n) is 3.08. The number of benzene rings is 1. The average molecular weight is 209 g/mol. The Morgan fingerprint density at radius 1 is 1.50 bits per heavy atom. The zero-order valence-electron chi connectivity index (χ0n) is 7.53. The zero-order valence-corrected chi connectivity index (χ0v) is 8.34. The van der Waals surface area contributed by atoms with Gasteiger partial charge in [-0.3, -0.25) is 0 Å². The zero-order chi connectivity index (χ0) is 10.1. The van der Waals surface area contributed by atoms with E-state index in [-0.39, 0.29) is 6.61 Å². The summed E-state index contributed by atoms with van der Waals surface area (Å²) >= 11 is 5.12. The van der Waals surface area contributed by atoms with E-state index < -0.39 is 0 Å². The van der Waals surface area contributed by atoms with E-state index in [4.69, 9.17) is 23.1 Å². The van der Waals surface area contributed by atoms with E-state index in [0.717, 1.165) is 11.0 Å². The number of fused-ring (bicyclic) bond motifs is 1. The molecule has 1 aromatic carbocycles. The van der Waals surface area contributed by atoms with Gasteiger partial charge >= 0.3 is 0 Å². The molecule has 4 N–H and O–H groups in total. The van der Waals surface area contributed by atoms with Crippen molar-refractivity contribution in [2.75, 3.05) is 12.3 Å². The molecule has 0 saturated carbocycles. The van der Waals surface area contributed by atoms with Crippen molar-refractivity contribution in [3.8, 4) is 0 Å². The lowest BCUT2D eigenvalue weighted by molar-refractivity contribution is 0.277. The molecular weight excluding hydrogens is 198 g/mol. The van der Waals surface area contributed by atoms with Crippen LogP contribution in [0.2, 0.25) is 0 Å². The van der Waals surface area contributed by atoms with E-state index in [9.17, 15) is 0 Å². The first-order valence-corrected chi connectivity index (χ1v) is 4.72. The molecule has 0 unspecified atom stereocenters. The van der Waals surface area contributed by atoms with Crippen molar-refractivity contribution in [2.45, 2.75) is 6.54 Å². The number of nitrogens with zero attached hydrogens (tertiary/aromatic N) is 1. The lowest BCUT2D eigenvalue weighted by Gasteiger charge is -2.00. The molecule has 0 saturated heterocycles. The van der Waals surface area contributed by atoms with Gasteiger partial charge in [-0.15, -0.1) is 0 Å². The van der Waals surface area contributed by atoms with Gasteiger partial charge in [-0.05, 0) is 30.4 Å². The predicted molar refractivity (Wildman–Crippen MR) is 58.6 cm³/mol. The molecule has 74 valence electrons. The quantitative estimate of drug-likeness (QED) is 0.515. The molecule has 0 amide bonds. The summed E-state index contributed by atoms with van der Waals surface area (Å²) in [4.78, 5) is 3.04. The number of imidazole rings is 1. The summed E-state index contributed by atoms with van der Waals surface area (Å²) in [5, 5.41) is 8.87. The van der Waals surface area contributed by atoms with Crippen LogP contribution in [0.15, 0.2) is 18.2 Å². The number of nitrogens with one attached hydrogen (secondary N) is 1. The summed E-state index contributed by atoms with van der Waals surface area (Å²) in [5.41, 5.74) is 8.22. The normalized spacial score (nSPS) is 10.9. The molecule has 0 spiro atoms. The van der Waals surface area contributed by atoms with E-state index in [1.54, 1.807) is 0 Å². The number of nitrogens with two attached hydrogens (primary N) is 1. The Bertz CT molecular complexity index is 514. The van der Waals surface area contributed by atoms with Crippen LogP contribution >= 0.6 is 12.2 Å². The Morgan fingerprint density at radius 2 is 2.29 bits per heavy atom. The number of nitrogen functional groups attached to an aromatic ring is 1. The second kappa shape index (κ2) is 3.43. The molecule has 0 aliphatic heterocycles. The fourth-order valence-corrected chi connectivity index (χ4v) is 1.80. The third-order valence-electron chi connectivity index (χ3n) is 2.12. The predicted octanol–water partition coefficient (Wildman–Crippen LogP) is 1.27. The van der Waals surface area contributed by atoms with Crippen LogP contribution < -0.4 is 5.73 Å². The van der Waals surface area contributed by atoms with Gasteiger partial charge < -0.3 is 20.4 Å². The lowest BCUT2D eigenvalue weighted by Crippen LogP contribution is -2.01. The molecule has 14 heavy (non-hydrogen) atoms. The van der Waals surface area contributed by atoms with Gasteiger partial charge in [0.1, 0.15) is 0 Å². The Labute approximate surface area is 86.0 Å². The average Bonchev–Trinajstić information content (AvgIpc) is 2.43. The molecule has 2 rings (SSSR count). The Kier molecular flexibility index (Phi) is 2.26. The highest BCUT2D eigenvalue weighted by Gasteiger charge is 2.03. The van der Waals surface area contributed by atoms with Gasteiger partial charge in [-0.2, -0.15) is 0 Å². The number of aromatic amines is 1. The van der Waals surface area contributed by atoms with Crippen LogP contribution in [-0.4, -0.2) is 21.3 Å². The van der Waals surface area contributed by atoms with Gasteiger partial charge in [0.15, 0.2) is 4.77 Å². The van der Waals surface area contributed by atoms with Crippen molar-refractivity contribution in [2.24, 2.45) is 0 Å². The van der Waals surface area contributed by atoms with E-state index in [1.165, 1.54) is 0 Å². The summed E-state index contributed by atoms with van der Waals surface area (Å²) in [6.07, 6.45) is 0. The summed E-state index contributed by atoms with van der Waals surface area (Å²) < 4.78 is 2.46. The minimum Gasteiger partial charge on any atom is -0.399 e. The fourth-order valence-electron chi connectivity index (χ4n) is 1.50. The largest absolute Gasteiger partial charge is 0.399 e. The number of aliphatic hydroxyl groups is 1. The third-order valence-corrected chi connectivity index (χ3v) is 2.44. The maximum atomic E-state index is 8.87. The maximum Gasteiger partial charge on any atom is 0.178 e.